The van der Waals surface area contributed by atoms with Gasteiger partial charge in [-0.3, -0.25) is 14.5 Å². The van der Waals surface area contributed by atoms with Crippen LogP contribution in [0.15, 0.2) is 47.4 Å². The Bertz CT molecular complexity index is 920. The molecule has 1 aliphatic heterocycles. The number of nitrogens with zero attached hydrogens (tertiary/aromatic N) is 2. The highest BCUT2D eigenvalue weighted by Crippen LogP contribution is 2.36. The molecule has 1 heterocycles. The normalized spacial score (nSPS) is 15.1. The highest BCUT2D eigenvalue weighted by atomic mass is 32.2. The van der Waals surface area contributed by atoms with E-state index in [1.165, 1.54) is 24.3 Å². The fourth-order valence-corrected chi connectivity index (χ4v) is 4.02. The van der Waals surface area contributed by atoms with Gasteiger partial charge in [0.05, 0.1) is 6.54 Å². The number of nitrogens with one attached hydrogen (secondary N) is 1. The van der Waals surface area contributed by atoms with Crippen LogP contribution in [0.4, 0.5) is 18.9 Å². The van der Waals surface area contributed by atoms with Crippen LogP contribution in [0, 0.1) is 13.8 Å². The zero-order chi connectivity index (χ0) is 22.6. The molecule has 1 fully saturated rings. The van der Waals surface area contributed by atoms with Crippen LogP contribution in [0.5, 0.6) is 0 Å². The van der Waals surface area contributed by atoms with Gasteiger partial charge in [0.25, 0.3) is 5.91 Å². The van der Waals surface area contributed by atoms with Gasteiger partial charge in [-0.2, -0.15) is 13.2 Å². The van der Waals surface area contributed by atoms with Crippen molar-refractivity contribution in [3.63, 3.8) is 0 Å². The van der Waals surface area contributed by atoms with Crippen LogP contribution in [0.3, 0.4) is 0 Å². The molecule has 166 valence electrons. The maximum atomic E-state index is 12.6. The number of para-hydroxylation sites is 1. The van der Waals surface area contributed by atoms with Crippen molar-refractivity contribution < 1.29 is 22.8 Å². The molecule has 0 aliphatic carbocycles. The summed E-state index contributed by atoms with van der Waals surface area (Å²) in [5.74, 6) is -0.321. The molecule has 5 nitrogen and oxygen atoms in total. The number of alkyl halides is 3. The number of aryl methyl sites for hydroxylation is 2. The van der Waals surface area contributed by atoms with Gasteiger partial charge in [-0.05, 0) is 61.0 Å². The second kappa shape index (κ2) is 9.74. The Labute approximate surface area is 183 Å². The van der Waals surface area contributed by atoms with Crippen molar-refractivity contribution in [1.29, 1.82) is 0 Å². The van der Waals surface area contributed by atoms with Crippen molar-refractivity contribution in [2.24, 2.45) is 0 Å². The molecule has 0 spiro atoms. The lowest BCUT2D eigenvalue weighted by molar-refractivity contribution is -0.117. The van der Waals surface area contributed by atoms with Crippen molar-refractivity contribution in [3.8, 4) is 0 Å². The number of rotatable bonds is 5. The number of amides is 2. The summed E-state index contributed by atoms with van der Waals surface area (Å²) in [5, 5.41) is 2.96. The minimum atomic E-state index is -4.36. The Morgan fingerprint density at radius 3 is 2.10 bits per heavy atom. The van der Waals surface area contributed by atoms with Gasteiger partial charge in [0, 0.05) is 42.3 Å². The molecule has 2 amide bonds. The minimum Gasteiger partial charge on any atom is -0.336 e. The molecular formula is C22H24F3N3O2S. The Balaban J connectivity index is 1.50. The predicted octanol–water partition coefficient (Wildman–Crippen LogP) is 4.31. The van der Waals surface area contributed by atoms with Crippen molar-refractivity contribution in [3.05, 3.63) is 59.2 Å². The number of hydrogen-bond acceptors (Lipinski definition) is 4. The Morgan fingerprint density at radius 1 is 0.968 bits per heavy atom. The largest absolute Gasteiger partial charge is 0.446 e. The molecule has 1 saturated heterocycles. The summed E-state index contributed by atoms with van der Waals surface area (Å²) >= 11 is -0.205. The van der Waals surface area contributed by atoms with Crippen LogP contribution < -0.4 is 5.32 Å². The Morgan fingerprint density at radius 2 is 1.55 bits per heavy atom. The van der Waals surface area contributed by atoms with E-state index in [9.17, 15) is 22.8 Å². The first-order valence-corrected chi connectivity index (χ1v) is 10.7. The summed E-state index contributed by atoms with van der Waals surface area (Å²) in [6.07, 6.45) is 0. The quantitative estimate of drug-likeness (QED) is 0.689. The van der Waals surface area contributed by atoms with Gasteiger partial charge in [-0.15, -0.1) is 0 Å². The third-order valence-electron chi connectivity index (χ3n) is 5.11. The topological polar surface area (TPSA) is 52.7 Å². The number of anilines is 1. The maximum absolute atomic E-state index is 12.6. The molecule has 2 aromatic carbocycles. The van der Waals surface area contributed by atoms with Gasteiger partial charge in [0.2, 0.25) is 5.91 Å². The van der Waals surface area contributed by atoms with E-state index in [0.717, 1.165) is 16.8 Å². The molecule has 0 bridgehead atoms. The van der Waals surface area contributed by atoms with E-state index < -0.39 is 5.51 Å². The van der Waals surface area contributed by atoms with Crippen molar-refractivity contribution in [2.45, 2.75) is 24.3 Å². The lowest BCUT2D eigenvalue weighted by atomic mass is 10.1. The third kappa shape index (κ3) is 6.48. The SMILES string of the molecule is Cc1cccc(C)c1NC(=O)CN1CCN(C(=O)c2ccc(SC(F)(F)F)cc2)CC1. The summed E-state index contributed by atoms with van der Waals surface area (Å²) in [5.41, 5.74) is -1.17. The summed E-state index contributed by atoms with van der Waals surface area (Å²) in [4.78, 5) is 28.8. The predicted molar refractivity (Wildman–Crippen MR) is 115 cm³/mol. The summed E-state index contributed by atoms with van der Waals surface area (Å²) in [6, 6.07) is 11.3. The van der Waals surface area contributed by atoms with E-state index in [2.05, 4.69) is 5.32 Å². The summed E-state index contributed by atoms with van der Waals surface area (Å²) in [6.45, 7) is 6.13. The van der Waals surface area contributed by atoms with E-state index in [4.69, 9.17) is 0 Å². The van der Waals surface area contributed by atoms with Crippen LogP contribution in [0.1, 0.15) is 21.5 Å². The molecule has 1 N–H and O–H groups in total. The van der Waals surface area contributed by atoms with E-state index in [1.54, 1.807) is 4.90 Å². The van der Waals surface area contributed by atoms with Gasteiger partial charge in [0.15, 0.2) is 0 Å². The number of thioether (sulfide) groups is 1. The zero-order valence-electron chi connectivity index (χ0n) is 17.3. The first-order chi connectivity index (χ1) is 14.6. The third-order valence-corrected chi connectivity index (χ3v) is 5.85. The average Bonchev–Trinajstić information content (AvgIpc) is 2.70. The van der Waals surface area contributed by atoms with Crippen LogP contribution in [0.2, 0.25) is 0 Å². The van der Waals surface area contributed by atoms with Gasteiger partial charge >= 0.3 is 5.51 Å². The standard InChI is InChI=1S/C22H24F3N3O2S/c1-15-4-3-5-16(2)20(15)26-19(29)14-27-10-12-28(13-11-27)21(30)17-6-8-18(9-7-17)31-22(23,24)25/h3-9H,10-14H2,1-2H3,(H,26,29). The minimum absolute atomic E-state index is 0.0452. The van der Waals surface area contributed by atoms with Gasteiger partial charge < -0.3 is 10.2 Å². The van der Waals surface area contributed by atoms with Gasteiger partial charge in [-0.1, -0.05) is 18.2 Å². The molecule has 0 unspecified atom stereocenters. The lowest BCUT2D eigenvalue weighted by Gasteiger charge is -2.34. The highest BCUT2D eigenvalue weighted by Gasteiger charge is 2.29. The number of carbonyl (C=O) groups is 2. The molecule has 0 radical (unpaired) electrons. The number of carbonyl (C=O) groups excluding carboxylic acids is 2. The van der Waals surface area contributed by atoms with Crippen molar-refractivity contribution in [2.75, 3.05) is 38.0 Å². The average molecular weight is 452 g/mol. The molecule has 0 atom stereocenters. The van der Waals surface area contributed by atoms with E-state index in [1.807, 2.05) is 36.9 Å². The molecule has 9 heteroatoms. The fraction of sp³-hybridized carbons (Fsp3) is 0.364. The van der Waals surface area contributed by atoms with Gasteiger partial charge in [-0.25, -0.2) is 0 Å². The number of hydrogen-bond donors (Lipinski definition) is 1. The lowest BCUT2D eigenvalue weighted by Crippen LogP contribution is -2.50. The van der Waals surface area contributed by atoms with Crippen LogP contribution >= 0.6 is 11.8 Å². The molecule has 0 aromatic heterocycles. The monoisotopic (exact) mass is 451 g/mol. The highest BCUT2D eigenvalue weighted by molar-refractivity contribution is 8.00. The van der Waals surface area contributed by atoms with Crippen LogP contribution in [-0.2, 0) is 4.79 Å². The zero-order valence-corrected chi connectivity index (χ0v) is 18.1. The smallest absolute Gasteiger partial charge is 0.336 e. The number of halogens is 3. The molecule has 3 rings (SSSR count). The fourth-order valence-electron chi connectivity index (χ4n) is 3.48. The van der Waals surface area contributed by atoms with Crippen LogP contribution in [0.25, 0.3) is 0 Å². The van der Waals surface area contributed by atoms with Crippen molar-refractivity contribution >= 4 is 29.3 Å². The molecule has 2 aromatic rings. The second-order valence-corrected chi connectivity index (χ2v) is 8.59. The summed E-state index contributed by atoms with van der Waals surface area (Å²) < 4.78 is 37.3. The maximum Gasteiger partial charge on any atom is 0.446 e. The molecule has 0 saturated carbocycles. The Hall–Kier alpha value is -2.52. The Kier molecular flexibility index (Phi) is 7.27. The van der Waals surface area contributed by atoms with E-state index in [-0.39, 0.29) is 35.0 Å². The van der Waals surface area contributed by atoms with E-state index in [0.29, 0.717) is 31.7 Å². The molecule has 31 heavy (non-hydrogen) atoms. The second-order valence-electron chi connectivity index (χ2n) is 7.46. The van der Waals surface area contributed by atoms with Crippen LogP contribution in [-0.4, -0.2) is 59.8 Å². The van der Waals surface area contributed by atoms with E-state index >= 15 is 0 Å². The summed E-state index contributed by atoms with van der Waals surface area (Å²) in [7, 11) is 0. The molecular weight excluding hydrogens is 427 g/mol. The first-order valence-electron chi connectivity index (χ1n) is 9.86. The number of benzene rings is 2. The van der Waals surface area contributed by atoms with Gasteiger partial charge in [0.1, 0.15) is 0 Å². The molecule has 1 aliphatic rings. The first kappa shape index (κ1) is 23.1. The number of piperazine rings is 1. The van der Waals surface area contributed by atoms with Crippen molar-refractivity contribution in [1.82, 2.24) is 9.80 Å².